The summed E-state index contributed by atoms with van der Waals surface area (Å²) in [6, 6.07) is 12.8. The first-order chi connectivity index (χ1) is 13.2. The summed E-state index contributed by atoms with van der Waals surface area (Å²) in [7, 11) is 0. The molecule has 0 atom stereocenters. The van der Waals surface area contributed by atoms with Gasteiger partial charge in [0.1, 0.15) is 5.82 Å². The lowest BCUT2D eigenvalue weighted by Crippen LogP contribution is -2.40. The van der Waals surface area contributed by atoms with Crippen LogP contribution in [0.3, 0.4) is 0 Å². The predicted octanol–water partition coefficient (Wildman–Crippen LogP) is 4.66. The number of halogens is 1. The topological polar surface area (TPSA) is 70.2 Å². The molecule has 0 radical (unpaired) electrons. The van der Waals surface area contributed by atoms with Gasteiger partial charge in [-0.05, 0) is 75.4 Å². The van der Waals surface area contributed by atoms with E-state index in [1.54, 1.807) is 48.2 Å². The summed E-state index contributed by atoms with van der Waals surface area (Å²) < 4.78 is 12.9. The van der Waals surface area contributed by atoms with Crippen molar-refractivity contribution in [1.29, 1.82) is 0 Å². The number of thioether (sulfide) groups is 1. The van der Waals surface area contributed by atoms with E-state index in [4.69, 9.17) is 0 Å². The number of hydrogen-bond acceptors (Lipinski definition) is 3. The van der Waals surface area contributed by atoms with E-state index in [1.807, 2.05) is 20.8 Å². The van der Waals surface area contributed by atoms with Gasteiger partial charge in [0.15, 0.2) is 0 Å². The minimum atomic E-state index is -0.330. The van der Waals surface area contributed by atoms with Crippen molar-refractivity contribution in [3.8, 4) is 0 Å². The van der Waals surface area contributed by atoms with E-state index in [-0.39, 0.29) is 23.3 Å². The molecule has 150 valence electrons. The van der Waals surface area contributed by atoms with Crippen LogP contribution in [0.5, 0.6) is 0 Å². The van der Waals surface area contributed by atoms with E-state index in [0.717, 1.165) is 17.1 Å². The maximum atomic E-state index is 12.9. The fourth-order valence-electron chi connectivity index (χ4n) is 2.32. The number of benzene rings is 2. The number of carbonyl (C=O) groups is 2. The quantitative estimate of drug-likeness (QED) is 0.465. The number of rotatable bonds is 7. The van der Waals surface area contributed by atoms with Crippen LogP contribution in [-0.2, 0) is 0 Å². The van der Waals surface area contributed by atoms with Crippen molar-refractivity contribution < 1.29 is 14.0 Å². The lowest BCUT2D eigenvalue weighted by molar-refractivity contribution is 0.0919. The maximum absolute atomic E-state index is 12.9. The van der Waals surface area contributed by atoms with E-state index in [0.29, 0.717) is 17.8 Å². The largest absolute Gasteiger partial charge is 0.347 e. The summed E-state index contributed by atoms with van der Waals surface area (Å²) >= 11 is 1.61. The van der Waals surface area contributed by atoms with Crippen LogP contribution in [-0.4, -0.2) is 29.8 Å². The Kier molecular flexibility index (Phi) is 7.87. The molecule has 3 N–H and O–H groups in total. The Morgan fingerprint density at radius 2 is 1.79 bits per heavy atom. The van der Waals surface area contributed by atoms with E-state index >= 15 is 0 Å². The number of anilines is 1. The second kappa shape index (κ2) is 10.1. The molecule has 2 rings (SSSR count). The molecular weight excluding hydrogens is 377 g/mol. The molecule has 0 unspecified atom stereocenters. The Morgan fingerprint density at radius 3 is 2.46 bits per heavy atom. The summed E-state index contributed by atoms with van der Waals surface area (Å²) in [6.45, 7) is 6.25. The van der Waals surface area contributed by atoms with Gasteiger partial charge < -0.3 is 16.0 Å². The van der Waals surface area contributed by atoms with Gasteiger partial charge in [0.25, 0.3) is 5.91 Å². The van der Waals surface area contributed by atoms with Crippen LogP contribution in [0.2, 0.25) is 0 Å². The van der Waals surface area contributed by atoms with Crippen LogP contribution >= 0.6 is 11.8 Å². The second-order valence-corrected chi connectivity index (χ2v) is 8.49. The number of carbonyl (C=O) groups excluding carboxylic acids is 2. The first-order valence-corrected chi connectivity index (χ1v) is 10.1. The van der Waals surface area contributed by atoms with Gasteiger partial charge >= 0.3 is 6.03 Å². The van der Waals surface area contributed by atoms with E-state index < -0.39 is 0 Å². The van der Waals surface area contributed by atoms with Gasteiger partial charge in [-0.3, -0.25) is 4.79 Å². The maximum Gasteiger partial charge on any atom is 0.319 e. The Hall–Kier alpha value is -2.54. The zero-order chi connectivity index (χ0) is 20.6. The first kappa shape index (κ1) is 21.8. The molecule has 0 fully saturated rings. The lowest BCUT2D eigenvalue weighted by atomic mass is 10.1. The zero-order valence-electron chi connectivity index (χ0n) is 16.3. The van der Waals surface area contributed by atoms with E-state index in [9.17, 15) is 14.0 Å². The molecule has 0 saturated heterocycles. The van der Waals surface area contributed by atoms with Crippen molar-refractivity contribution in [1.82, 2.24) is 10.6 Å². The van der Waals surface area contributed by atoms with Gasteiger partial charge in [0.2, 0.25) is 0 Å². The van der Waals surface area contributed by atoms with Crippen LogP contribution < -0.4 is 16.0 Å². The van der Waals surface area contributed by atoms with Crippen molar-refractivity contribution in [2.75, 3.05) is 17.6 Å². The number of amides is 3. The Balaban J connectivity index is 1.73. The van der Waals surface area contributed by atoms with Crippen molar-refractivity contribution in [3.05, 3.63) is 59.9 Å². The molecule has 28 heavy (non-hydrogen) atoms. The first-order valence-electron chi connectivity index (χ1n) is 9.09. The molecule has 0 saturated carbocycles. The molecule has 7 heteroatoms. The van der Waals surface area contributed by atoms with Crippen molar-refractivity contribution in [2.45, 2.75) is 37.6 Å². The van der Waals surface area contributed by atoms with Crippen molar-refractivity contribution >= 4 is 29.4 Å². The summed E-state index contributed by atoms with van der Waals surface area (Å²) in [6.07, 6.45) is 0.781. The Morgan fingerprint density at radius 1 is 1.07 bits per heavy atom. The molecule has 2 aromatic rings. The average Bonchev–Trinajstić information content (AvgIpc) is 2.62. The van der Waals surface area contributed by atoms with Crippen LogP contribution in [0, 0.1) is 5.82 Å². The molecule has 0 spiro atoms. The molecular formula is C21H26FN3O2S. The lowest BCUT2D eigenvalue weighted by Gasteiger charge is -2.20. The SMILES string of the molecule is CC(C)(C)NC(=O)c1cccc(NC(=O)NCCCSc2ccc(F)cc2)c1. The summed E-state index contributed by atoms with van der Waals surface area (Å²) in [5, 5.41) is 8.42. The highest BCUT2D eigenvalue weighted by atomic mass is 32.2. The third-order valence-electron chi connectivity index (χ3n) is 3.56. The molecule has 2 aromatic carbocycles. The molecule has 3 amide bonds. The smallest absolute Gasteiger partial charge is 0.319 e. The van der Waals surface area contributed by atoms with Crippen LogP contribution in [0.1, 0.15) is 37.6 Å². The third-order valence-corrected chi connectivity index (χ3v) is 4.66. The standard InChI is InChI=1S/C21H26FN3O2S/c1-21(2,3)25-19(26)15-6-4-7-17(14-15)24-20(27)23-12-5-13-28-18-10-8-16(22)9-11-18/h4,6-11,14H,5,12-13H2,1-3H3,(H,25,26)(H2,23,24,27). The monoisotopic (exact) mass is 403 g/mol. The normalized spacial score (nSPS) is 11.0. The third kappa shape index (κ3) is 8.00. The number of hydrogen-bond donors (Lipinski definition) is 3. The van der Waals surface area contributed by atoms with Crippen LogP contribution in [0.4, 0.5) is 14.9 Å². The number of urea groups is 1. The molecule has 0 aliphatic carbocycles. The van der Waals surface area contributed by atoms with Gasteiger partial charge in [-0.1, -0.05) is 6.07 Å². The molecule has 0 bridgehead atoms. The molecule has 0 aromatic heterocycles. The van der Waals surface area contributed by atoms with Gasteiger partial charge in [0.05, 0.1) is 0 Å². The second-order valence-electron chi connectivity index (χ2n) is 7.32. The fourth-order valence-corrected chi connectivity index (χ4v) is 3.17. The Labute approximate surface area is 169 Å². The summed E-state index contributed by atoms with van der Waals surface area (Å²) in [5.41, 5.74) is 0.715. The molecule has 5 nitrogen and oxygen atoms in total. The highest BCUT2D eigenvalue weighted by Gasteiger charge is 2.15. The predicted molar refractivity (Wildman–Crippen MR) is 112 cm³/mol. The minimum absolute atomic E-state index is 0.186. The van der Waals surface area contributed by atoms with Gasteiger partial charge in [-0.15, -0.1) is 11.8 Å². The fraction of sp³-hybridized carbons (Fsp3) is 0.333. The van der Waals surface area contributed by atoms with Crippen molar-refractivity contribution in [3.63, 3.8) is 0 Å². The van der Waals surface area contributed by atoms with Gasteiger partial charge in [0, 0.05) is 28.2 Å². The van der Waals surface area contributed by atoms with Crippen LogP contribution in [0.15, 0.2) is 53.4 Å². The minimum Gasteiger partial charge on any atom is -0.347 e. The van der Waals surface area contributed by atoms with Gasteiger partial charge in [-0.2, -0.15) is 0 Å². The van der Waals surface area contributed by atoms with Gasteiger partial charge in [-0.25, -0.2) is 9.18 Å². The molecule has 0 heterocycles. The van der Waals surface area contributed by atoms with Crippen LogP contribution in [0.25, 0.3) is 0 Å². The highest BCUT2D eigenvalue weighted by molar-refractivity contribution is 7.99. The molecule has 0 aliphatic rings. The average molecular weight is 404 g/mol. The molecule has 0 aliphatic heterocycles. The highest BCUT2D eigenvalue weighted by Crippen LogP contribution is 2.18. The Bertz CT molecular complexity index is 804. The van der Waals surface area contributed by atoms with Crippen molar-refractivity contribution in [2.24, 2.45) is 0 Å². The summed E-state index contributed by atoms with van der Waals surface area (Å²) in [5.74, 6) is 0.381. The summed E-state index contributed by atoms with van der Waals surface area (Å²) in [4.78, 5) is 25.2. The van der Waals surface area contributed by atoms with E-state index in [2.05, 4.69) is 16.0 Å². The van der Waals surface area contributed by atoms with E-state index in [1.165, 1.54) is 12.1 Å². The number of nitrogens with one attached hydrogen (secondary N) is 3. The zero-order valence-corrected chi connectivity index (χ0v) is 17.2.